The molecule has 3 rings (SSSR count). The van der Waals surface area contributed by atoms with Crippen LogP contribution in [0.15, 0.2) is 18.2 Å². The normalized spacial score (nSPS) is 21.4. The summed E-state index contributed by atoms with van der Waals surface area (Å²) in [7, 11) is 0. The highest BCUT2D eigenvalue weighted by Crippen LogP contribution is 2.26. The van der Waals surface area contributed by atoms with Gasteiger partial charge in [-0.25, -0.2) is 4.79 Å². The number of nitrogens with zero attached hydrogens (tertiary/aromatic N) is 1. The van der Waals surface area contributed by atoms with E-state index in [0.717, 1.165) is 30.8 Å². The third-order valence-corrected chi connectivity index (χ3v) is 4.03. The minimum Gasteiger partial charge on any atom is -0.491 e. The lowest BCUT2D eigenvalue weighted by molar-refractivity contribution is 0.108. The van der Waals surface area contributed by atoms with Crippen LogP contribution in [0.1, 0.15) is 18.4 Å². The van der Waals surface area contributed by atoms with Gasteiger partial charge in [0.2, 0.25) is 0 Å². The highest BCUT2D eigenvalue weighted by atomic mass is 35.5. The lowest BCUT2D eigenvalue weighted by atomic mass is 10.2. The van der Waals surface area contributed by atoms with E-state index in [1.54, 1.807) is 11.0 Å². The summed E-state index contributed by atoms with van der Waals surface area (Å²) in [6.07, 6.45) is 2.24. The predicted octanol–water partition coefficient (Wildman–Crippen LogP) is 2.42. The summed E-state index contributed by atoms with van der Waals surface area (Å²) in [6.45, 7) is 2.92. The first kappa shape index (κ1) is 14.5. The number of halogens is 1. The molecule has 0 spiro atoms. The second kappa shape index (κ2) is 6.54. The van der Waals surface area contributed by atoms with E-state index in [1.807, 2.05) is 12.1 Å². The van der Waals surface area contributed by atoms with E-state index in [9.17, 15) is 4.79 Å². The molecule has 1 atom stereocenters. The summed E-state index contributed by atoms with van der Waals surface area (Å²) in [5.41, 5.74) is 0.937. The van der Waals surface area contributed by atoms with E-state index in [0.29, 0.717) is 31.3 Å². The van der Waals surface area contributed by atoms with E-state index in [4.69, 9.17) is 21.1 Å². The van der Waals surface area contributed by atoms with Crippen molar-refractivity contribution in [2.24, 2.45) is 0 Å². The highest BCUT2D eigenvalue weighted by molar-refractivity contribution is 6.30. The van der Waals surface area contributed by atoms with Crippen molar-refractivity contribution in [1.29, 1.82) is 0 Å². The van der Waals surface area contributed by atoms with E-state index >= 15 is 0 Å². The number of carbonyl (C=O) groups is 1. The molecule has 114 valence electrons. The molecular formula is C15H19ClN2O3. The van der Waals surface area contributed by atoms with Gasteiger partial charge >= 0.3 is 6.03 Å². The molecule has 0 saturated carbocycles. The lowest BCUT2D eigenvalue weighted by Gasteiger charge is -2.21. The molecule has 0 aromatic heterocycles. The van der Waals surface area contributed by atoms with Crippen molar-refractivity contribution in [3.63, 3.8) is 0 Å². The largest absolute Gasteiger partial charge is 0.491 e. The maximum absolute atomic E-state index is 12.3. The van der Waals surface area contributed by atoms with Crippen molar-refractivity contribution >= 4 is 17.6 Å². The maximum Gasteiger partial charge on any atom is 0.317 e. The van der Waals surface area contributed by atoms with E-state index < -0.39 is 0 Å². The smallest absolute Gasteiger partial charge is 0.317 e. The molecule has 1 saturated heterocycles. The molecule has 0 bridgehead atoms. The van der Waals surface area contributed by atoms with Crippen molar-refractivity contribution in [1.82, 2.24) is 10.2 Å². The molecule has 1 aromatic rings. The van der Waals surface area contributed by atoms with Gasteiger partial charge in [0.25, 0.3) is 0 Å². The van der Waals surface area contributed by atoms with Gasteiger partial charge in [-0.2, -0.15) is 0 Å². The Bertz CT molecular complexity index is 518. The van der Waals surface area contributed by atoms with Gasteiger partial charge in [0.05, 0.1) is 19.2 Å². The average Bonchev–Trinajstić information content (AvgIpc) is 2.90. The predicted molar refractivity (Wildman–Crippen MR) is 79.7 cm³/mol. The number of nitrogens with one attached hydrogen (secondary N) is 1. The molecule has 1 fully saturated rings. The molecule has 1 N–H and O–H groups in total. The summed E-state index contributed by atoms with van der Waals surface area (Å²) in [5, 5.41) is 3.59. The van der Waals surface area contributed by atoms with Gasteiger partial charge in [0.15, 0.2) is 0 Å². The minimum absolute atomic E-state index is 0.0816. The van der Waals surface area contributed by atoms with Crippen molar-refractivity contribution in [2.75, 3.05) is 26.3 Å². The van der Waals surface area contributed by atoms with Crippen LogP contribution in [-0.4, -0.2) is 43.3 Å². The molecule has 0 radical (unpaired) electrons. The fourth-order valence-corrected chi connectivity index (χ4v) is 2.85. The molecular weight excluding hydrogens is 292 g/mol. The monoisotopic (exact) mass is 310 g/mol. The van der Waals surface area contributed by atoms with Crippen LogP contribution < -0.4 is 10.1 Å². The number of fused-ring (bicyclic) bond motifs is 1. The van der Waals surface area contributed by atoms with Gasteiger partial charge in [-0.15, -0.1) is 0 Å². The van der Waals surface area contributed by atoms with E-state index in [2.05, 4.69) is 5.32 Å². The van der Waals surface area contributed by atoms with Crippen LogP contribution in [0.5, 0.6) is 5.75 Å². The molecule has 0 aliphatic carbocycles. The van der Waals surface area contributed by atoms with Crippen LogP contribution in [0.4, 0.5) is 4.79 Å². The summed E-state index contributed by atoms with van der Waals surface area (Å²) < 4.78 is 11.2. The van der Waals surface area contributed by atoms with E-state index in [-0.39, 0.29) is 12.1 Å². The van der Waals surface area contributed by atoms with E-state index in [1.165, 1.54) is 0 Å². The molecule has 6 heteroatoms. The van der Waals surface area contributed by atoms with Crippen LogP contribution in [0.2, 0.25) is 5.02 Å². The Hall–Kier alpha value is -1.46. The SMILES string of the molecule is O=C(NCC1CCCO1)N1CCOc2ccc(Cl)cc2C1. The van der Waals surface area contributed by atoms with Gasteiger partial charge in [-0.1, -0.05) is 11.6 Å². The van der Waals surface area contributed by atoms with Crippen LogP contribution in [0.25, 0.3) is 0 Å². The quantitative estimate of drug-likeness (QED) is 0.912. The zero-order chi connectivity index (χ0) is 14.7. The zero-order valence-electron chi connectivity index (χ0n) is 11.8. The van der Waals surface area contributed by atoms with Gasteiger partial charge < -0.3 is 19.7 Å². The minimum atomic E-state index is -0.0816. The van der Waals surface area contributed by atoms with Crippen LogP contribution in [0.3, 0.4) is 0 Å². The number of rotatable bonds is 2. The van der Waals surface area contributed by atoms with Crippen LogP contribution in [0, 0.1) is 0 Å². The second-order valence-electron chi connectivity index (χ2n) is 5.34. The Morgan fingerprint density at radius 2 is 2.33 bits per heavy atom. The van der Waals surface area contributed by atoms with Gasteiger partial charge in [-0.05, 0) is 31.0 Å². The summed E-state index contributed by atoms with van der Waals surface area (Å²) in [6, 6.07) is 5.42. The molecule has 2 aliphatic rings. The van der Waals surface area contributed by atoms with Crippen molar-refractivity contribution in [3.05, 3.63) is 28.8 Å². The second-order valence-corrected chi connectivity index (χ2v) is 5.78. The summed E-state index contributed by atoms with van der Waals surface area (Å²) in [4.78, 5) is 14.0. The van der Waals surface area contributed by atoms with Gasteiger partial charge in [0, 0.05) is 23.7 Å². The summed E-state index contributed by atoms with van der Waals surface area (Å²) in [5.74, 6) is 0.800. The average molecular weight is 311 g/mol. The molecule has 1 unspecified atom stereocenters. The molecule has 2 aliphatic heterocycles. The molecule has 2 amide bonds. The lowest BCUT2D eigenvalue weighted by Crippen LogP contribution is -2.43. The number of carbonyl (C=O) groups excluding carboxylic acids is 1. The first-order valence-electron chi connectivity index (χ1n) is 7.28. The van der Waals surface area contributed by atoms with Gasteiger partial charge in [-0.3, -0.25) is 0 Å². The molecule has 2 heterocycles. The Kier molecular flexibility index (Phi) is 4.51. The number of urea groups is 1. The number of benzene rings is 1. The van der Waals surface area contributed by atoms with Crippen molar-refractivity contribution < 1.29 is 14.3 Å². The Morgan fingerprint density at radius 3 is 3.14 bits per heavy atom. The zero-order valence-corrected chi connectivity index (χ0v) is 12.6. The van der Waals surface area contributed by atoms with Crippen molar-refractivity contribution in [3.8, 4) is 5.75 Å². The Balaban J connectivity index is 1.61. The third-order valence-electron chi connectivity index (χ3n) is 3.79. The molecule has 5 nitrogen and oxygen atoms in total. The fraction of sp³-hybridized carbons (Fsp3) is 0.533. The van der Waals surface area contributed by atoms with Crippen LogP contribution in [-0.2, 0) is 11.3 Å². The first-order valence-corrected chi connectivity index (χ1v) is 7.66. The number of ether oxygens (including phenoxy) is 2. The molecule has 21 heavy (non-hydrogen) atoms. The maximum atomic E-state index is 12.3. The highest BCUT2D eigenvalue weighted by Gasteiger charge is 2.22. The van der Waals surface area contributed by atoms with Crippen molar-refractivity contribution in [2.45, 2.75) is 25.5 Å². The third kappa shape index (κ3) is 3.60. The fourth-order valence-electron chi connectivity index (χ4n) is 2.65. The van der Waals surface area contributed by atoms with Crippen LogP contribution >= 0.6 is 11.6 Å². The number of hydrogen-bond acceptors (Lipinski definition) is 3. The summed E-state index contributed by atoms with van der Waals surface area (Å²) >= 11 is 6.01. The Labute approximate surface area is 129 Å². The Morgan fingerprint density at radius 1 is 1.43 bits per heavy atom. The number of hydrogen-bond donors (Lipinski definition) is 1. The number of amides is 2. The topological polar surface area (TPSA) is 50.8 Å². The van der Waals surface area contributed by atoms with Gasteiger partial charge in [0.1, 0.15) is 12.4 Å². The standard InChI is InChI=1S/C15H19ClN2O3/c16-12-3-4-14-11(8-12)10-18(5-7-21-14)15(19)17-9-13-2-1-6-20-13/h3-4,8,13H,1-2,5-7,9-10H2,(H,17,19). The molecule has 1 aromatic carbocycles. The first-order chi connectivity index (χ1) is 10.2.